The Kier molecular flexibility index (Phi) is 2.99. The van der Waals surface area contributed by atoms with E-state index in [9.17, 15) is 4.79 Å². The molecule has 19 heavy (non-hydrogen) atoms. The Hall–Kier alpha value is -1.87. The number of benzene rings is 1. The van der Waals surface area contributed by atoms with Gasteiger partial charge in [-0.25, -0.2) is 4.98 Å². The van der Waals surface area contributed by atoms with Crippen molar-refractivity contribution in [3.63, 3.8) is 0 Å². The van der Waals surface area contributed by atoms with Crippen molar-refractivity contribution in [2.75, 3.05) is 0 Å². The normalized spacial score (nSPS) is 12.3. The summed E-state index contributed by atoms with van der Waals surface area (Å²) in [5.41, 5.74) is 2.96. The second kappa shape index (κ2) is 4.67. The zero-order valence-corrected chi connectivity index (χ0v) is 11.2. The van der Waals surface area contributed by atoms with Crippen LogP contribution in [0.3, 0.4) is 0 Å². The average molecular weight is 274 g/mol. The molecule has 0 unspecified atom stereocenters. The van der Waals surface area contributed by atoms with Gasteiger partial charge < -0.3 is 4.74 Å². The van der Waals surface area contributed by atoms with Crippen LogP contribution in [-0.4, -0.2) is 10.8 Å². The summed E-state index contributed by atoms with van der Waals surface area (Å²) in [6, 6.07) is 7.64. The van der Waals surface area contributed by atoms with Gasteiger partial charge in [0, 0.05) is 30.2 Å². The van der Waals surface area contributed by atoms with Crippen LogP contribution in [0, 0.1) is 0 Å². The molecule has 2 aromatic rings. The molecule has 0 aliphatic carbocycles. The Labute approximate surface area is 116 Å². The number of hydrogen-bond donors (Lipinski definition) is 0. The highest BCUT2D eigenvalue weighted by atomic mass is 35.5. The Bertz CT molecular complexity index is 667. The standard InChI is InChI=1S/C15H12ClNO2/c1-9(18)5-10-6-12-8-11-3-2-4-17-15(11)19-14(12)13(16)7-10/h2-4,6-7H,5,8H2,1H3. The minimum absolute atomic E-state index is 0.120. The van der Waals surface area contributed by atoms with Crippen molar-refractivity contribution in [3.8, 4) is 11.6 Å². The molecule has 0 bridgehead atoms. The number of hydrogen-bond acceptors (Lipinski definition) is 3. The van der Waals surface area contributed by atoms with E-state index in [-0.39, 0.29) is 5.78 Å². The van der Waals surface area contributed by atoms with Gasteiger partial charge in [0.05, 0.1) is 5.02 Å². The fourth-order valence-electron chi connectivity index (χ4n) is 2.30. The number of ether oxygens (including phenoxy) is 1. The van der Waals surface area contributed by atoms with Crippen molar-refractivity contribution in [2.45, 2.75) is 19.8 Å². The number of carbonyl (C=O) groups excluding carboxylic acids is 1. The maximum Gasteiger partial charge on any atom is 0.222 e. The second-order valence-corrected chi connectivity index (χ2v) is 5.10. The van der Waals surface area contributed by atoms with Gasteiger partial charge in [0.2, 0.25) is 5.88 Å². The number of aromatic nitrogens is 1. The van der Waals surface area contributed by atoms with Crippen LogP contribution >= 0.6 is 11.6 Å². The topological polar surface area (TPSA) is 39.2 Å². The van der Waals surface area contributed by atoms with E-state index in [4.69, 9.17) is 16.3 Å². The smallest absolute Gasteiger partial charge is 0.222 e. The Balaban J connectivity index is 2.03. The van der Waals surface area contributed by atoms with Gasteiger partial charge in [0.15, 0.2) is 5.75 Å². The number of Topliss-reactive ketones (excluding diaryl/α,β-unsaturated/α-hetero) is 1. The molecule has 1 aliphatic heterocycles. The first kappa shape index (κ1) is 12.2. The second-order valence-electron chi connectivity index (χ2n) is 4.69. The van der Waals surface area contributed by atoms with Gasteiger partial charge in [-0.15, -0.1) is 0 Å². The molecule has 0 saturated carbocycles. The van der Waals surface area contributed by atoms with Gasteiger partial charge in [0.1, 0.15) is 5.78 Å². The number of carbonyl (C=O) groups is 1. The summed E-state index contributed by atoms with van der Waals surface area (Å²) in [5.74, 6) is 1.38. The van der Waals surface area contributed by atoms with E-state index in [1.54, 1.807) is 19.2 Å². The van der Waals surface area contributed by atoms with Crippen LogP contribution < -0.4 is 4.74 Å². The van der Waals surface area contributed by atoms with Crippen molar-refractivity contribution in [3.05, 3.63) is 52.2 Å². The number of rotatable bonds is 2. The molecular weight excluding hydrogens is 262 g/mol. The highest BCUT2D eigenvalue weighted by Gasteiger charge is 2.21. The molecule has 0 spiro atoms. The highest BCUT2D eigenvalue weighted by molar-refractivity contribution is 6.32. The minimum atomic E-state index is 0.120. The molecule has 3 rings (SSSR count). The molecule has 0 N–H and O–H groups in total. The van der Waals surface area contributed by atoms with Crippen LogP contribution in [0.5, 0.6) is 11.6 Å². The van der Waals surface area contributed by atoms with Crippen LogP contribution in [0.4, 0.5) is 0 Å². The minimum Gasteiger partial charge on any atom is -0.437 e. The van der Waals surface area contributed by atoms with Crippen molar-refractivity contribution in [1.82, 2.24) is 4.98 Å². The van der Waals surface area contributed by atoms with Gasteiger partial charge in [-0.3, -0.25) is 4.79 Å². The molecule has 3 nitrogen and oxygen atoms in total. The summed E-state index contributed by atoms with van der Waals surface area (Å²) in [4.78, 5) is 15.4. The third kappa shape index (κ3) is 2.34. The lowest BCUT2D eigenvalue weighted by atomic mass is 9.98. The van der Waals surface area contributed by atoms with E-state index >= 15 is 0 Å². The molecule has 0 amide bonds. The lowest BCUT2D eigenvalue weighted by Gasteiger charge is -2.20. The summed E-state index contributed by atoms with van der Waals surface area (Å²) in [6.07, 6.45) is 2.82. The van der Waals surface area contributed by atoms with E-state index < -0.39 is 0 Å². The van der Waals surface area contributed by atoms with Crippen LogP contribution in [0.25, 0.3) is 0 Å². The molecule has 4 heteroatoms. The van der Waals surface area contributed by atoms with Crippen molar-refractivity contribution < 1.29 is 9.53 Å². The lowest BCUT2D eigenvalue weighted by Crippen LogP contribution is -2.06. The number of halogens is 1. The first-order chi connectivity index (χ1) is 9.13. The quantitative estimate of drug-likeness (QED) is 0.717. The zero-order valence-electron chi connectivity index (χ0n) is 10.4. The predicted molar refractivity (Wildman–Crippen MR) is 73.0 cm³/mol. The number of pyridine rings is 1. The van der Waals surface area contributed by atoms with Crippen LogP contribution in [0.15, 0.2) is 30.5 Å². The van der Waals surface area contributed by atoms with Gasteiger partial charge in [-0.1, -0.05) is 23.7 Å². The molecule has 0 fully saturated rings. The van der Waals surface area contributed by atoms with Gasteiger partial charge in [0.25, 0.3) is 0 Å². The van der Waals surface area contributed by atoms with Gasteiger partial charge >= 0.3 is 0 Å². The van der Waals surface area contributed by atoms with Crippen LogP contribution in [0.2, 0.25) is 5.02 Å². The summed E-state index contributed by atoms with van der Waals surface area (Å²) in [5, 5.41) is 0.532. The van der Waals surface area contributed by atoms with Crippen LogP contribution in [0.1, 0.15) is 23.6 Å². The summed E-state index contributed by atoms with van der Waals surface area (Å²) >= 11 is 6.23. The van der Waals surface area contributed by atoms with Crippen molar-refractivity contribution in [1.29, 1.82) is 0 Å². The molecule has 1 aliphatic rings. The molecule has 0 saturated heterocycles. The van der Waals surface area contributed by atoms with Crippen molar-refractivity contribution >= 4 is 17.4 Å². The monoisotopic (exact) mass is 273 g/mol. The summed E-state index contributed by atoms with van der Waals surface area (Å²) in [7, 11) is 0. The van der Waals surface area contributed by atoms with E-state index in [1.165, 1.54) is 0 Å². The maximum absolute atomic E-state index is 11.2. The van der Waals surface area contributed by atoms with Crippen LogP contribution in [-0.2, 0) is 17.6 Å². The third-order valence-electron chi connectivity index (χ3n) is 3.06. The fraction of sp³-hybridized carbons (Fsp3) is 0.200. The molecular formula is C15H12ClNO2. The molecule has 0 radical (unpaired) electrons. The average Bonchev–Trinajstić information content (AvgIpc) is 2.36. The van der Waals surface area contributed by atoms with Gasteiger partial charge in [-0.05, 0) is 24.6 Å². The zero-order chi connectivity index (χ0) is 13.4. The summed E-state index contributed by atoms with van der Waals surface area (Å²) in [6.45, 7) is 1.57. The number of fused-ring (bicyclic) bond motifs is 2. The predicted octanol–water partition coefficient (Wildman–Crippen LogP) is 3.56. The van der Waals surface area contributed by atoms with E-state index in [2.05, 4.69) is 4.98 Å². The first-order valence-electron chi connectivity index (χ1n) is 6.06. The largest absolute Gasteiger partial charge is 0.437 e. The highest BCUT2D eigenvalue weighted by Crippen LogP contribution is 2.40. The molecule has 1 aromatic heterocycles. The third-order valence-corrected chi connectivity index (χ3v) is 3.34. The Morgan fingerprint density at radius 3 is 3.05 bits per heavy atom. The van der Waals surface area contributed by atoms with Crippen molar-refractivity contribution in [2.24, 2.45) is 0 Å². The first-order valence-corrected chi connectivity index (χ1v) is 6.44. The number of nitrogens with zero attached hydrogens (tertiary/aromatic N) is 1. The summed E-state index contributed by atoms with van der Waals surface area (Å²) < 4.78 is 5.74. The van der Waals surface area contributed by atoms with Gasteiger partial charge in [-0.2, -0.15) is 0 Å². The SMILES string of the molecule is CC(=O)Cc1cc(Cl)c2c(c1)Cc1cccnc1O2. The molecule has 1 aromatic carbocycles. The Morgan fingerprint density at radius 1 is 1.42 bits per heavy atom. The fourth-order valence-corrected chi connectivity index (χ4v) is 2.60. The molecule has 2 heterocycles. The van der Waals surface area contributed by atoms with E-state index in [0.29, 0.717) is 23.1 Å². The van der Waals surface area contributed by atoms with E-state index in [0.717, 1.165) is 23.1 Å². The number of ketones is 1. The lowest BCUT2D eigenvalue weighted by molar-refractivity contribution is -0.116. The molecule has 96 valence electrons. The van der Waals surface area contributed by atoms with E-state index in [1.807, 2.05) is 18.2 Å². The Morgan fingerprint density at radius 2 is 2.26 bits per heavy atom. The molecule has 0 atom stereocenters. The maximum atomic E-state index is 11.2.